The number of halogens is 1. The summed E-state index contributed by atoms with van der Waals surface area (Å²) in [5.41, 5.74) is 1.29. The van der Waals surface area contributed by atoms with Gasteiger partial charge in [0, 0.05) is 23.0 Å². The van der Waals surface area contributed by atoms with Crippen LogP contribution in [0.15, 0.2) is 34.8 Å². The molecule has 2 amide bonds. The molecule has 0 saturated carbocycles. The minimum atomic E-state index is -0.391. The number of hydrogen-bond acceptors (Lipinski definition) is 5. The molecule has 2 aromatic rings. The van der Waals surface area contributed by atoms with Crippen LogP contribution in [-0.2, 0) is 9.53 Å². The second kappa shape index (κ2) is 9.49. The van der Waals surface area contributed by atoms with E-state index in [9.17, 15) is 14.4 Å². The molecule has 0 radical (unpaired) electrons. The van der Waals surface area contributed by atoms with Crippen LogP contribution in [0.5, 0.6) is 0 Å². The Balaban J connectivity index is 1.82. The summed E-state index contributed by atoms with van der Waals surface area (Å²) in [6.07, 6.45) is 0.133. The summed E-state index contributed by atoms with van der Waals surface area (Å²) in [6.45, 7) is 4.05. The van der Waals surface area contributed by atoms with E-state index < -0.39 is 5.97 Å². The Kier molecular flexibility index (Phi) is 7.35. The van der Waals surface area contributed by atoms with E-state index in [4.69, 9.17) is 4.74 Å². The van der Waals surface area contributed by atoms with Crippen LogP contribution in [0.3, 0.4) is 0 Å². The zero-order valence-electron chi connectivity index (χ0n) is 14.4. The number of carbonyl (C=O) groups excluding carboxylic acids is 3. The maximum absolute atomic E-state index is 12.0. The van der Waals surface area contributed by atoms with Crippen LogP contribution in [-0.4, -0.2) is 30.9 Å². The molecule has 0 bridgehead atoms. The van der Waals surface area contributed by atoms with Crippen LogP contribution < -0.4 is 10.6 Å². The number of anilines is 1. The van der Waals surface area contributed by atoms with Gasteiger partial charge in [-0.15, -0.1) is 11.3 Å². The number of carbonyl (C=O) groups is 3. The van der Waals surface area contributed by atoms with Gasteiger partial charge in [0.05, 0.1) is 11.6 Å². The second-order valence-electron chi connectivity index (χ2n) is 5.40. The largest absolute Gasteiger partial charge is 0.462 e. The van der Waals surface area contributed by atoms with Crippen LogP contribution in [0, 0.1) is 6.92 Å². The van der Waals surface area contributed by atoms with E-state index in [2.05, 4.69) is 26.6 Å². The molecule has 8 heteroatoms. The third-order valence-corrected chi connectivity index (χ3v) is 5.05. The first kappa shape index (κ1) is 20.1. The predicted octanol–water partition coefficient (Wildman–Crippen LogP) is 3.75. The Morgan fingerprint density at radius 3 is 2.54 bits per heavy atom. The van der Waals surface area contributed by atoms with Gasteiger partial charge in [0.1, 0.15) is 4.88 Å². The highest BCUT2D eigenvalue weighted by Crippen LogP contribution is 2.27. The van der Waals surface area contributed by atoms with Crippen molar-refractivity contribution in [1.29, 1.82) is 0 Å². The van der Waals surface area contributed by atoms with E-state index in [0.717, 1.165) is 10.0 Å². The van der Waals surface area contributed by atoms with Gasteiger partial charge in [-0.2, -0.15) is 0 Å². The highest BCUT2D eigenvalue weighted by atomic mass is 79.9. The van der Waals surface area contributed by atoms with Crippen molar-refractivity contribution < 1.29 is 19.1 Å². The lowest BCUT2D eigenvalue weighted by Crippen LogP contribution is -2.27. The molecule has 1 aromatic carbocycles. The zero-order valence-corrected chi connectivity index (χ0v) is 16.8. The number of ether oxygens (including phenoxy) is 1. The van der Waals surface area contributed by atoms with Crippen molar-refractivity contribution in [1.82, 2.24) is 5.32 Å². The van der Waals surface area contributed by atoms with Gasteiger partial charge in [0.15, 0.2) is 0 Å². The zero-order chi connectivity index (χ0) is 19.1. The van der Waals surface area contributed by atoms with Crippen molar-refractivity contribution >= 4 is 50.1 Å². The van der Waals surface area contributed by atoms with Gasteiger partial charge in [0.25, 0.3) is 5.91 Å². The summed E-state index contributed by atoms with van der Waals surface area (Å²) in [4.78, 5) is 36.3. The van der Waals surface area contributed by atoms with Crippen LogP contribution in [0.4, 0.5) is 5.00 Å². The van der Waals surface area contributed by atoms with E-state index in [1.807, 2.05) is 0 Å². The van der Waals surface area contributed by atoms with E-state index >= 15 is 0 Å². The molecule has 0 saturated heterocycles. The lowest BCUT2D eigenvalue weighted by Gasteiger charge is -2.06. The molecule has 0 aliphatic rings. The fraction of sp³-hybridized carbons (Fsp3) is 0.278. The quantitative estimate of drug-likeness (QED) is 0.644. The number of nitrogens with one attached hydrogen (secondary N) is 2. The lowest BCUT2D eigenvalue weighted by atomic mass is 10.2. The minimum Gasteiger partial charge on any atom is -0.462 e. The molecule has 0 atom stereocenters. The van der Waals surface area contributed by atoms with Crippen LogP contribution >= 0.6 is 27.3 Å². The molecule has 0 aliphatic carbocycles. The highest BCUT2D eigenvalue weighted by Gasteiger charge is 2.16. The third kappa shape index (κ3) is 5.67. The van der Waals surface area contributed by atoms with Crippen molar-refractivity contribution in [3.8, 4) is 0 Å². The van der Waals surface area contributed by atoms with Gasteiger partial charge in [-0.3, -0.25) is 9.59 Å². The van der Waals surface area contributed by atoms with Gasteiger partial charge in [-0.1, -0.05) is 15.9 Å². The maximum atomic E-state index is 12.0. The van der Waals surface area contributed by atoms with Crippen molar-refractivity contribution in [3.05, 3.63) is 50.8 Å². The van der Waals surface area contributed by atoms with E-state index in [-0.39, 0.29) is 24.8 Å². The second-order valence-corrected chi connectivity index (χ2v) is 7.37. The molecule has 0 unspecified atom stereocenters. The number of thiophene rings is 1. The Morgan fingerprint density at radius 1 is 1.19 bits per heavy atom. The molecule has 0 fully saturated rings. The molecule has 2 N–H and O–H groups in total. The first-order valence-electron chi connectivity index (χ1n) is 8.02. The van der Waals surface area contributed by atoms with Gasteiger partial charge >= 0.3 is 5.97 Å². The van der Waals surface area contributed by atoms with Crippen molar-refractivity contribution in [2.75, 3.05) is 18.5 Å². The fourth-order valence-electron chi connectivity index (χ4n) is 2.14. The summed E-state index contributed by atoms with van der Waals surface area (Å²) in [5, 5.41) is 6.01. The minimum absolute atomic E-state index is 0.133. The normalized spacial score (nSPS) is 10.3. The Morgan fingerprint density at radius 2 is 1.88 bits per heavy atom. The Hall–Kier alpha value is -2.19. The number of rotatable bonds is 7. The maximum Gasteiger partial charge on any atom is 0.348 e. The summed E-state index contributed by atoms with van der Waals surface area (Å²) in [7, 11) is 0. The van der Waals surface area contributed by atoms with E-state index in [0.29, 0.717) is 22.0 Å². The topological polar surface area (TPSA) is 84.5 Å². The number of benzene rings is 1. The van der Waals surface area contributed by atoms with E-state index in [1.54, 1.807) is 44.2 Å². The summed E-state index contributed by atoms with van der Waals surface area (Å²) in [5.74, 6) is -0.864. The standard InChI is InChI=1S/C18H19BrN2O4S/c1-3-25-18(24)16-11(2)10-15(26-16)21-14(22)8-9-20-17(23)12-4-6-13(19)7-5-12/h4-7,10H,3,8-9H2,1-2H3,(H,20,23)(H,21,22). The average Bonchev–Trinajstić information content (AvgIpc) is 2.96. The van der Waals surface area contributed by atoms with Crippen LogP contribution in [0.2, 0.25) is 0 Å². The van der Waals surface area contributed by atoms with Crippen molar-refractivity contribution in [2.24, 2.45) is 0 Å². The van der Waals surface area contributed by atoms with Gasteiger partial charge in [0.2, 0.25) is 5.91 Å². The fourth-order valence-corrected chi connectivity index (χ4v) is 3.38. The number of aryl methyl sites for hydroxylation is 1. The number of esters is 1. The molecule has 0 spiro atoms. The molecule has 6 nitrogen and oxygen atoms in total. The molecule has 0 aliphatic heterocycles. The van der Waals surface area contributed by atoms with Gasteiger partial charge < -0.3 is 15.4 Å². The summed E-state index contributed by atoms with van der Waals surface area (Å²) >= 11 is 4.49. The van der Waals surface area contributed by atoms with Crippen molar-refractivity contribution in [2.45, 2.75) is 20.3 Å². The molecule has 26 heavy (non-hydrogen) atoms. The summed E-state index contributed by atoms with van der Waals surface area (Å²) < 4.78 is 5.87. The molecular weight excluding hydrogens is 420 g/mol. The highest BCUT2D eigenvalue weighted by molar-refractivity contribution is 9.10. The Bertz CT molecular complexity index is 802. The van der Waals surface area contributed by atoms with Gasteiger partial charge in [-0.25, -0.2) is 4.79 Å². The smallest absolute Gasteiger partial charge is 0.348 e. The number of amides is 2. The van der Waals surface area contributed by atoms with Gasteiger partial charge in [-0.05, 0) is 49.7 Å². The summed E-state index contributed by atoms with van der Waals surface area (Å²) in [6, 6.07) is 8.69. The van der Waals surface area contributed by atoms with Crippen molar-refractivity contribution in [3.63, 3.8) is 0 Å². The monoisotopic (exact) mass is 438 g/mol. The third-order valence-electron chi connectivity index (χ3n) is 3.39. The van der Waals surface area contributed by atoms with E-state index in [1.165, 1.54) is 11.3 Å². The molecular formula is C18H19BrN2O4S. The molecule has 1 aromatic heterocycles. The Labute approximate surface area is 164 Å². The number of hydrogen-bond donors (Lipinski definition) is 2. The first-order chi connectivity index (χ1) is 12.4. The first-order valence-corrected chi connectivity index (χ1v) is 9.62. The molecule has 1 heterocycles. The molecule has 138 valence electrons. The SMILES string of the molecule is CCOC(=O)c1sc(NC(=O)CCNC(=O)c2ccc(Br)cc2)cc1C. The lowest BCUT2D eigenvalue weighted by molar-refractivity contribution is -0.116. The van der Waals surface area contributed by atoms with Crippen LogP contribution in [0.1, 0.15) is 38.9 Å². The predicted molar refractivity (Wildman–Crippen MR) is 105 cm³/mol. The molecule has 2 rings (SSSR count). The average molecular weight is 439 g/mol. The van der Waals surface area contributed by atoms with Crippen LogP contribution in [0.25, 0.3) is 0 Å².